The van der Waals surface area contributed by atoms with E-state index in [1.54, 1.807) is 7.11 Å². The summed E-state index contributed by atoms with van der Waals surface area (Å²) in [7, 11) is 1.66. The lowest BCUT2D eigenvalue weighted by molar-refractivity contribution is 0.0702. The maximum absolute atomic E-state index is 5.69. The largest absolute Gasteiger partial charge is 0.382 e. The number of methoxy groups -OCH3 is 1. The van der Waals surface area contributed by atoms with Crippen LogP contribution in [0.15, 0.2) is 4.99 Å². The van der Waals surface area contributed by atoms with Crippen LogP contribution < -0.4 is 11.1 Å². The molecule has 0 fully saturated rings. The van der Waals surface area contributed by atoms with Crippen molar-refractivity contribution in [1.82, 2.24) is 5.32 Å². The Balaban J connectivity index is 0. The highest BCUT2D eigenvalue weighted by Crippen LogP contribution is 1.85. The molecule has 0 saturated carbocycles. The van der Waals surface area contributed by atoms with Crippen molar-refractivity contribution in [1.29, 1.82) is 0 Å². The number of nitrogens with one attached hydrogen (secondary N) is 1. The standard InChI is InChI=1S/C12H27N3O3.HI/c1-3-17-8-4-6-14-12(13)15-7-5-9-18-11-10-16-2;/h3-11H2,1-2H3,(H3,13,14,15);1H. The van der Waals surface area contributed by atoms with E-state index in [0.29, 0.717) is 32.3 Å². The normalized spacial score (nSPS) is 11.2. The molecule has 0 aliphatic carbocycles. The fraction of sp³-hybridized carbons (Fsp3) is 0.917. The van der Waals surface area contributed by atoms with E-state index in [4.69, 9.17) is 19.9 Å². The molecule has 19 heavy (non-hydrogen) atoms. The molecule has 0 heterocycles. The molecule has 0 unspecified atom stereocenters. The Morgan fingerprint density at radius 1 is 1.11 bits per heavy atom. The molecule has 0 aliphatic heterocycles. The van der Waals surface area contributed by atoms with Crippen molar-refractivity contribution < 1.29 is 14.2 Å². The van der Waals surface area contributed by atoms with Crippen molar-refractivity contribution in [3.63, 3.8) is 0 Å². The molecule has 0 radical (unpaired) electrons. The summed E-state index contributed by atoms with van der Waals surface area (Å²) >= 11 is 0. The molecule has 116 valence electrons. The first-order chi connectivity index (χ1) is 8.81. The summed E-state index contributed by atoms with van der Waals surface area (Å²) in [5.74, 6) is 0.489. The quantitative estimate of drug-likeness (QED) is 0.225. The predicted octanol–water partition coefficient (Wildman–Crippen LogP) is 0.988. The average Bonchev–Trinajstić information content (AvgIpc) is 2.37. The molecule has 6 nitrogen and oxygen atoms in total. The average molecular weight is 389 g/mol. The second-order valence-electron chi connectivity index (χ2n) is 3.70. The van der Waals surface area contributed by atoms with E-state index in [9.17, 15) is 0 Å². The zero-order valence-corrected chi connectivity index (χ0v) is 14.4. The first-order valence-electron chi connectivity index (χ1n) is 6.49. The van der Waals surface area contributed by atoms with Gasteiger partial charge in [0.25, 0.3) is 0 Å². The van der Waals surface area contributed by atoms with Crippen LogP contribution in [0.1, 0.15) is 19.8 Å². The molecular formula is C12H28IN3O3. The van der Waals surface area contributed by atoms with Crippen LogP contribution >= 0.6 is 24.0 Å². The van der Waals surface area contributed by atoms with Crippen molar-refractivity contribution >= 4 is 29.9 Å². The smallest absolute Gasteiger partial charge is 0.188 e. The number of ether oxygens (including phenoxy) is 3. The number of rotatable bonds is 12. The molecule has 0 bridgehead atoms. The first-order valence-corrected chi connectivity index (χ1v) is 6.49. The van der Waals surface area contributed by atoms with Gasteiger partial charge >= 0.3 is 0 Å². The molecule has 0 spiro atoms. The fourth-order valence-corrected chi connectivity index (χ4v) is 1.20. The minimum atomic E-state index is 0. The number of hydrogen-bond donors (Lipinski definition) is 2. The molecule has 0 amide bonds. The molecule has 0 aliphatic rings. The number of nitrogens with zero attached hydrogens (tertiary/aromatic N) is 1. The fourth-order valence-electron chi connectivity index (χ4n) is 1.20. The van der Waals surface area contributed by atoms with Gasteiger partial charge in [-0.2, -0.15) is 0 Å². The van der Waals surface area contributed by atoms with Crippen LogP contribution in [0.2, 0.25) is 0 Å². The van der Waals surface area contributed by atoms with Crippen LogP contribution in [0.5, 0.6) is 0 Å². The number of halogens is 1. The Morgan fingerprint density at radius 3 is 2.53 bits per heavy atom. The van der Waals surface area contributed by atoms with Crippen molar-refractivity contribution in [3.05, 3.63) is 0 Å². The van der Waals surface area contributed by atoms with E-state index < -0.39 is 0 Å². The van der Waals surface area contributed by atoms with Crippen LogP contribution in [0.4, 0.5) is 0 Å². The Morgan fingerprint density at radius 2 is 1.84 bits per heavy atom. The zero-order valence-electron chi connectivity index (χ0n) is 12.0. The van der Waals surface area contributed by atoms with Gasteiger partial charge in [0, 0.05) is 40.0 Å². The third-order valence-electron chi connectivity index (χ3n) is 2.14. The van der Waals surface area contributed by atoms with Gasteiger partial charge in [-0.05, 0) is 19.8 Å². The Kier molecular flexibility index (Phi) is 19.9. The summed E-state index contributed by atoms with van der Waals surface area (Å²) in [6.45, 7) is 6.91. The van der Waals surface area contributed by atoms with Crippen molar-refractivity contribution in [2.75, 3.05) is 53.2 Å². The van der Waals surface area contributed by atoms with Gasteiger partial charge in [-0.1, -0.05) is 0 Å². The summed E-state index contributed by atoms with van der Waals surface area (Å²) < 4.78 is 15.4. The number of nitrogens with two attached hydrogens (primary N) is 1. The van der Waals surface area contributed by atoms with Gasteiger partial charge in [0.15, 0.2) is 5.96 Å². The van der Waals surface area contributed by atoms with Gasteiger partial charge in [-0.15, -0.1) is 24.0 Å². The summed E-state index contributed by atoms with van der Waals surface area (Å²) in [6.07, 6.45) is 1.80. The zero-order chi connectivity index (χ0) is 13.5. The third kappa shape index (κ3) is 17.9. The van der Waals surface area contributed by atoms with Gasteiger partial charge in [-0.25, -0.2) is 0 Å². The minimum Gasteiger partial charge on any atom is -0.382 e. The van der Waals surface area contributed by atoms with E-state index in [1.165, 1.54) is 0 Å². The van der Waals surface area contributed by atoms with E-state index >= 15 is 0 Å². The highest BCUT2D eigenvalue weighted by atomic mass is 127. The summed E-state index contributed by atoms with van der Waals surface area (Å²) in [5.41, 5.74) is 5.69. The second-order valence-corrected chi connectivity index (χ2v) is 3.70. The maximum atomic E-state index is 5.69. The topological polar surface area (TPSA) is 78.1 Å². The van der Waals surface area contributed by atoms with Crippen LogP contribution in [-0.4, -0.2) is 59.2 Å². The van der Waals surface area contributed by atoms with Gasteiger partial charge in [0.1, 0.15) is 0 Å². The second kappa shape index (κ2) is 17.9. The first kappa shape index (κ1) is 21.2. The summed E-state index contributed by atoms with van der Waals surface area (Å²) in [5, 5.41) is 3.04. The maximum Gasteiger partial charge on any atom is 0.188 e. The van der Waals surface area contributed by atoms with E-state index in [-0.39, 0.29) is 24.0 Å². The lowest BCUT2D eigenvalue weighted by Gasteiger charge is -2.06. The van der Waals surface area contributed by atoms with Crippen LogP contribution in [0, 0.1) is 0 Å². The van der Waals surface area contributed by atoms with Gasteiger partial charge in [0.2, 0.25) is 0 Å². The SMILES string of the molecule is CCOCCCNC(N)=NCCCOCCOC.I. The molecule has 0 saturated heterocycles. The predicted molar refractivity (Wildman–Crippen MR) is 88.3 cm³/mol. The third-order valence-corrected chi connectivity index (χ3v) is 2.14. The van der Waals surface area contributed by atoms with Crippen molar-refractivity contribution in [2.45, 2.75) is 19.8 Å². The summed E-state index contributed by atoms with van der Waals surface area (Å²) in [6, 6.07) is 0. The molecule has 3 N–H and O–H groups in total. The lowest BCUT2D eigenvalue weighted by atomic mass is 10.4. The monoisotopic (exact) mass is 389 g/mol. The Bertz CT molecular complexity index is 207. The van der Waals surface area contributed by atoms with E-state index in [1.807, 2.05) is 6.92 Å². The van der Waals surface area contributed by atoms with Gasteiger partial charge in [-0.3, -0.25) is 4.99 Å². The highest BCUT2D eigenvalue weighted by Gasteiger charge is 1.92. The Labute approximate surface area is 133 Å². The van der Waals surface area contributed by atoms with Crippen molar-refractivity contribution in [2.24, 2.45) is 10.7 Å². The minimum absolute atomic E-state index is 0. The van der Waals surface area contributed by atoms with Gasteiger partial charge in [0.05, 0.1) is 13.2 Å². The van der Waals surface area contributed by atoms with E-state index in [0.717, 1.165) is 32.6 Å². The number of hydrogen-bond acceptors (Lipinski definition) is 4. The molecule has 0 atom stereocenters. The molecule has 0 aromatic heterocycles. The molecule has 0 aromatic rings. The number of aliphatic imine (C=N–C) groups is 1. The molecular weight excluding hydrogens is 361 g/mol. The van der Waals surface area contributed by atoms with Crippen molar-refractivity contribution in [3.8, 4) is 0 Å². The summed E-state index contributed by atoms with van der Waals surface area (Å²) in [4.78, 5) is 4.19. The molecule has 7 heteroatoms. The van der Waals surface area contributed by atoms with Crippen LogP contribution in [0.3, 0.4) is 0 Å². The van der Waals surface area contributed by atoms with Crippen LogP contribution in [0.25, 0.3) is 0 Å². The molecule has 0 rings (SSSR count). The van der Waals surface area contributed by atoms with E-state index in [2.05, 4.69) is 10.3 Å². The van der Waals surface area contributed by atoms with Crippen LogP contribution in [-0.2, 0) is 14.2 Å². The van der Waals surface area contributed by atoms with Gasteiger partial charge < -0.3 is 25.3 Å². The molecule has 0 aromatic carbocycles. The Hall–Kier alpha value is -0.120. The number of guanidine groups is 1. The highest BCUT2D eigenvalue weighted by molar-refractivity contribution is 14.0. The lowest BCUT2D eigenvalue weighted by Crippen LogP contribution is -2.33.